The monoisotopic (exact) mass is 280 g/mol. The van der Waals surface area contributed by atoms with Crippen molar-refractivity contribution in [3.63, 3.8) is 0 Å². The first-order chi connectivity index (χ1) is 9.06. The maximum absolute atomic E-state index is 13.5. The number of benzene rings is 2. The Balaban J connectivity index is 2.12. The molecule has 0 fully saturated rings. The van der Waals surface area contributed by atoms with Crippen LogP contribution in [0.15, 0.2) is 47.4 Å². The molecule has 0 amide bonds. The Morgan fingerprint density at radius 1 is 1.11 bits per heavy atom. The van der Waals surface area contributed by atoms with Crippen LogP contribution < -0.4 is 0 Å². The van der Waals surface area contributed by atoms with Crippen LogP contribution >= 0.6 is 11.8 Å². The minimum Gasteiger partial charge on any atom is -0.478 e. The minimum absolute atomic E-state index is 0.0445. The van der Waals surface area contributed by atoms with Crippen molar-refractivity contribution < 1.29 is 18.7 Å². The number of carboxylic acid groups (broad SMARTS) is 1. The molecule has 0 aliphatic rings. The van der Waals surface area contributed by atoms with Crippen LogP contribution in [0.1, 0.15) is 15.9 Å². The van der Waals surface area contributed by atoms with Gasteiger partial charge in [0, 0.05) is 10.6 Å². The lowest BCUT2D eigenvalue weighted by Gasteiger charge is -2.05. The molecular formula is C14H10F2O2S. The zero-order valence-electron chi connectivity index (χ0n) is 9.77. The Morgan fingerprint density at radius 3 is 2.42 bits per heavy atom. The fourth-order valence-electron chi connectivity index (χ4n) is 1.49. The van der Waals surface area contributed by atoms with Gasteiger partial charge in [0.25, 0.3) is 0 Å². The third-order valence-corrected chi connectivity index (χ3v) is 3.59. The number of hydrogen-bond acceptors (Lipinski definition) is 2. The van der Waals surface area contributed by atoms with Gasteiger partial charge in [-0.15, -0.1) is 11.8 Å². The second-order valence-electron chi connectivity index (χ2n) is 3.87. The SMILES string of the molecule is O=C(O)c1ccc(F)c(SCc2ccc(F)cc2)c1. The molecule has 2 aromatic rings. The van der Waals surface area contributed by atoms with E-state index >= 15 is 0 Å². The molecule has 1 N–H and O–H groups in total. The molecule has 0 atom stereocenters. The lowest BCUT2D eigenvalue weighted by atomic mass is 10.2. The first-order valence-corrected chi connectivity index (χ1v) is 6.45. The van der Waals surface area contributed by atoms with Crippen LogP contribution in [0.4, 0.5) is 8.78 Å². The zero-order chi connectivity index (χ0) is 13.8. The first kappa shape index (κ1) is 13.5. The van der Waals surface area contributed by atoms with Crippen LogP contribution in [0.3, 0.4) is 0 Å². The van der Waals surface area contributed by atoms with E-state index in [1.54, 1.807) is 12.1 Å². The highest BCUT2D eigenvalue weighted by atomic mass is 32.2. The molecule has 0 saturated carbocycles. The van der Waals surface area contributed by atoms with Gasteiger partial charge in [-0.05, 0) is 35.9 Å². The third-order valence-electron chi connectivity index (χ3n) is 2.49. The molecule has 0 bridgehead atoms. The summed E-state index contributed by atoms with van der Waals surface area (Å²) in [4.78, 5) is 11.1. The molecule has 0 heterocycles. The number of hydrogen-bond donors (Lipinski definition) is 1. The number of rotatable bonds is 4. The summed E-state index contributed by atoms with van der Waals surface area (Å²) in [7, 11) is 0. The van der Waals surface area contributed by atoms with Crippen molar-refractivity contribution in [3.05, 3.63) is 65.2 Å². The topological polar surface area (TPSA) is 37.3 Å². The van der Waals surface area contributed by atoms with E-state index in [1.165, 1.54) is 36.0 Å². The normalized spacial score (nSPS) is 10.4. The van der Waals surface area contributed by atoms with Gasteiger partial charge in [-0.25, -0.2) is 13.6 Å². The van der Waals surface area contributed by atoms with Crippen molar-refractivity contribution in [3.8, 4) is 0 Å². The van der Waals surface area contributed by atoms with Crippen molar-refractivity contribution >= 4 is 17.7 Å². The van der Waals surface area contributed by atoms with Gasteiger partial charge in [0.1, 0.15) is 11.6 Å². The quantitative estimate of drug-likeness (QED) is 0.861. The Morgan fingerprint density at radius 2 is 1.79 bits per heavy atom. The summed E-state index contributed by atoms with van der Waals surface area (Å²) in [5.74, 6) is -1.44. The average Bonchev–Trinajstić information content (AvgIpc) is 2.39. The van der Waals surface area contributed by atoms with E-state index < -0.39 is 11.8 Å². The highest BCUT2D eigenvalue weighted by molar-refractivity contribution is 7.98. The van der Waals surface area contributed by atoms with Gasteiger partial charge in [-0.3, -0.25) is 0 Å². The van der Waals surface area contributed by atoms with Gasteiger partial charge >= 0.3 is 5.97 Å². The summed E-state index contributed by atoms with van der Waals surface area (Å²) in [6, 6.07) is 9.55. The second-order valence-corrected chi connectivity index (χ2v) is 4.88. The Hall–Kier alpha value is -1.88. The molecule has 0 saturated heterocycles. The largest absolute Gasteiger partial charge is 0.478 e. The molecule has 2 rings (SSSR count). The van der Waals surface area contributed by atoms with Gasteiger partial charge in [0.2, 0.25) is 0 Å². The van der Waals surface area contributed by atoms with Gasteiger partial charge in [-0.1, -0.05) is 12.1 Å². The predicted octanol–water partition coefficient (Wildman–Crippen LogP) is 3.96. The van der Waals surface area contributed by atoms with Gasteiger partial charge in [0.05, 0.1) is 5.56 Å². The first-order valence-electron chi connectivity index (χ1n) is 5.46. The van der Waals surface area contributed by atoms with Gasteiger partial charge in [-0.2, -0.15) is 0 Å². The van der Waals surface area contributed by atoms with Crippen LogP contribution in [-0.4, -0.2) is 11.1 Å². The van der Waals surface area contributed by atoms with E-state index in [1.807, 2.05) is 0 Å². The average molecular weight is 280 g/mol. The number of thioether (sulfide) groups is 1. The number of halogens is 2. The van der Waals surface area contributed by atoms with Gasteiger partial charge in [0.15, 0.2) is 0 Å². The molecule has 98 valence electrons. The van der Waals surface area contributed by atoms with E-state index in [0.717, 1.165) is 11.6 Å². The number of carboxylic acids is 1. The lowest BCUT2D eigenvalue weighted by Crippen LogP contribution is -1.97. The van der Waals surface area contributed by atoms with Gasteiger partial charge < -0.3 is 5.11 Å². The van der Waals surface area contributed by atoms with Crippen molar-refractivity contribution in [2.24, 2.45) is 0 Å². The number of aromatic carboxylic acids is 1. The summed E-state index contributed by atoms with van der Waals surface area (Å²) in [5, 5.41) is 8.84. The molecule has 0 aromatic heterocycles. The lowest BCUT2D eigenvalue weighted by molar-refractivity contribution is 0.0696. The molecule has 5 heteroatoms. The maximum Gasteiger partial charge on any atom is 0.335 e. The van der Waals surface area contributed by atoms with Crippen LogP contribution in [-0.2, 0) is 5.75 Å². The third kappa shape index (κ3) is 3.54. The molecule has 0 spiro atoms. The fraction of sp³-hybridized carbons (Fsp3) is 0.0714. The molecule has 0 aliphatic carbocycles. The number of carbonyl (C=O) groups is 1. The van der Waals surface area contributed by atoms with Crippen LogP contribution in [0.25, 0.3) is 0 Å². The second kappa shape index (κ2) is 5.84. The molecule has 19 heavy (non-hydrogen) atoms. The van der Waals surface area contributed by atoms with Crippen LogP contribution in [0, 0.1) is 11.6 Å². The standard InChI is InChI=1S/C14H10F2O2S/c15-11-4-1-9(2-5-11)8-19-13-7-10(14(17)18)3-6-12(13)16/h1-7H,8H2,(H,17,18). The van der Waals surface area contributed by atoms with Crippen molar-refractivity contribution in [1.82, 2.24) is 0 Å². The summed E-state index contributed by atoms with van der Waals surface area (Å²) < 4.78 is 26.2. The molecule has 0 aliphatic heterocycles. The highest BCUT2D eigenvalue weighted by Gasteiger charge is 2.09. The predicted molar refractivity (Wildman–Crippen MR) is 69.3 cm³/mol. The van der Waals surface area contributed by atoms with Crippen molar-refractivity contribution in [2.75, 3.05) is 0 Å². The van der Waals surface area contributed by atoms with E-state index in [9.17, 15) is 13.6 Å². The molecule has 2 nitrogen and oxygen atoms in total. The zero-order valence-corrected chi connectivity index (χ0v) is 10.6. The van der Waals surface area contributed by atoms with Crippen molar-refractivity contribution in [2.45, 2.75) is 10.6 Å². The maximum atomic E-state index is 13.5. The summed E-state index contributed by atoms with van der Waals surface area (Å²) in [5.41, 5.74) is 0.884. The van der Waals surface area contributed by atoms with E-state index in [4.69, 9.17) is 5.11 Å². The highest BCUT2D eigenvalue weighted by Crippen LogP contribution is 2.26. The summed E-state index contributed by atoms with van der Waals surface area (Å²) >= 11 is 1.18. The summed E-state index contributed by atoms with van der Waals surface area (Å²) in [6.07, 6.45) is 0. The van der Waals surface area contributed by atoms with E-state index in [0.29, 0.717) is 5.75 Å². The van der Waals surface area contributed by atoms with Crippen LogP contribution in [0.5, 0.6) is 0 Å². The molecule has 0 unspecified atom stereocenters. The Bertz CT molecular complexity index is 597. The minimum atomic E-state index is -1.09. The van der Waals surface area contributed by atoms with E-state index in [-0.39, 0.29) is 16.3 Å². The van der Waals surface area contributed by atoms with Crippen LogP contribution in [0.2, 0.25) is 0 Å². The molecule has 2 aromatic carbocycles. The Labute approximate surface area is 113 Å². The fourth-order valence-corrected chi connectivity index (χ4v) is 2.42. The Kier molecular flexibility index (Phi) is 4.16. The smallest absolute Gasteiger partial charge is 0.335 e. The molecular weight excluding hydrogens is 270 g/mol. The molecule has 0 radical (unpaired) electrons. The van der Waals surface area contributed by atoms with E-state index in [2.05, 4.69) is 0 Å². The van der Waals surface area contributed by atoms with Crippen molar-refractivity contribution in [1.29, 1.82) is 0 Å². The summed E-state index contributed by atoms with van der Waals surface area (Å²) in [6.45, 7) is 0.